The predicted molar refractivity (Wildman–Crippen MR) is 68.3 cm³/mol. The number of hydrogen-bond acceptors (Lipinski definition) is 5. The van der Waals surface area contributed by atoms with Crippen molar-refractivity contribution in [2.45, 2.75) is 27.5 Å². The number of hydrogen-bond donors (Lipinski definition) is 0. The fourth-order valence-corrected chi connectivity index (χ4v) is 1.48. The second kappa shape index (κ2) is 4.49. The minimum Gasteiger partial charge on any atom is -0.443 e. The number of imidazole rings is 1. The minimum atomic E-state index is -0.605. The first-order chi connectivity index (χ1) is 8.80. The molecule has 2 aromatic rings. The second-order valence-electron chi connectivity index (χ2n) is 5.36. The van der Waals surface area contributed by atoms with Crippen molar-refractivity contribution < 1.29 is 9.53 Å². The molecule has 19 heavy (non-hydrogen) atoms. The quantitative estimate of drug-likeness (QED) is 0.745. The van der Waals surface area contributed by atoms with Crippen LogP contribution in [0.15, 0.2) is 17.4 Å². The normalized spacial score (nSPS) is 11.8. The molecular formula is C12H16N4O3. The van der Waals surface area contributed by atoms with Gasteiger partial charge in [0.15, 0.2) is 17.9 Å². The van der Waals surface area contributed by atoms with Crippen LogP contribution < -0.4 is 5.56 Å². The van der Waals surface area contributed by atoms with E-state index in [1.807, 2.05) is 0 Å². The van der Waals surface area contributed by atoms with E-state index in [4.69, 9.17) is 4.74 Å². The molecule has 0 aliphatic heterocycles. The number of aromatic nitrogens is 4. The molecule has 0 radical (unpaired) electrons. The number of esters is 1. The van der Waals surface area contributed by atoms with E-state index in [2.05, 4.69) is 9.97 Å². The summed E-state index contributed by atoms with van der Waals surface area (Å²) in [5.74, 6) is -0.375. The highest BCUT2D eigenvalue weighted by molar-refractivity contribution is 5.75. The van der Waals surface area contributed by atoms with Crippen molar-refractivity contribution in [2.24, 2.45) is 12.5 Å². The number of carbonyl (C=O) groups is 1. The third-order valence-corrected chi connectivity index (χ3v) is 2.64. The van der Waals surface area contributed by atoms with Crippen molar-refractivity contribution in [1.82, 2.24) is 19.1 Å². The van der Waals surface area contributed by atoms with Gasteiger partial charge in [-0.05, 0) is 20.8 Å². The van der Waals surface area contributed by atoms with Gasteiger partial charge >= 0.3 is 5.97 Å². The van der Waals surface area contributed by atoms with Crippen LogP contribution in [-0.4, -0.2) is 25.1 Å². The lowest BCUT2D eigenvalue weighted by molar-refractivity contribution is -0.157. The molecule has 0 aliphatic carbocycles. The summed E-state index contributed by atoms with van der Waals surface area (Å²) < 4.78 is 7.95. The van der Waals surface area contributed by atoms with Crippen molar-refractivity contribution in [3.05, 3.63) is 23.0 Å². The molecule has 0 N–H and O–H groups in total. The van der Waals surface area contributed by atoms with E-state index >= 15 is 0 Å². The third kappa shape index (κ3) is 2.49. The first kappa shape index (κ1) is 13.3. The van der Waals surface area contributed by atoms with Gasteiger partial charge in [-0.2, -0.15) is 0 Å². The molecule has 7 heteroatoms. The third-order valence-electron chi connectivity index (χ3n) is 2.64. The molecule has 2 rings (SSSR count). The van der Waals surface area contributed by atoms with E-state index in [-0.39, 0.29) is 23.8 Å². The molecule has 2 heterocycles. The van der Waals surface area contributed by atoms with Crippen molar-refractivity contribution >= 4 is 17.1 Å². The van der Waals surface area contributed by atoms with E-state index in [0.29, 0.717) is 5.65 Å². The number of aryl methyl sites for hydroxylation is 1. The molecule has 0 aromatic carbocycles. The Labute approximate surface area is 109 Å². The largest absolute Gasteiger partial charge is 0.443 e. The zero-order valence-corrected chi connectivity index (χ0v) is 11.4. The fraction of sp³-hybridized carbons (Fsp3) is 0.500. The fourth-order valence-electron chi connectivity index (χ4n) is 1.48. The molecule has 2 aromatic heterocycles. The molecule has 0 amide bonds. The molecule has 7 nitrogen and oxygen atoms in total. The lowest BCUT2D eigenvalue weighted by Gasteiger charge is -2.16. The molecule has 0 fully saturated rings. The van der Waals surface area contributed by atoms with Gasteiger partial charge in [-0.1, -0.05) is 0 Å². The SMILES string of the molecule is Cn1cnc2c(=O)n(COC(=O)C(C)(C)C)cnc21. The first-order valence-corrected chi connectivity index (χ1v) is 5.84. The predicted octanol–water partition coefficient (Wildman–Crippen LogP) is 0.677. The Morgan fingerprint density at radius 3 is 2.63 bits per heavy atom. The number of nitrogens with zero attached hydrogens (tertiary/aromatic N) is 4. The molecule has 0 saturated carbocycles. The topological polar surface area (TPSA) is 79.0 Å². The van der Waals surface area contributed by atoms with Gasteiger partial charge in [-0.25, -0.2) is 9.97 Å². The molecule has 0 saturated heterocycles. The zero-order chi connectivity index (χ0) is 14.2. The molecule has 0 aliphatic rings. The van der Waals surface area contributed by atoms with Crippen molar-refractivity contribution in [3.63, 3.8) is 0 Å². The summed E-state index contributed by atoms with van der Waals surface area (Å²) in [4.78, 5) is 31.8. The van der Waals surface area contributed by atoms with Crippen molar-refractivity contribution in [1.29, 1.82) is 0 Å². The molecule has 0 spiro atoms. The van der Waals surface area contributed by atoms with Crippen LogP contribution in [0.3, 0.4) is 0 Å². The van der Waals surface area contributed by atoms with Crippen LogP contribution in [0, 0.1) is 5.41 Å². The standard InChI is InChI=1S/C12H16N4O3/c1-12(2,3)11(18)19-7-16-6-14-9-8(10(16)17)13-5-15(9)4/h5-6H,7H2,1-4H3. The summed E-state index contributed by atoms with van der Waals surface area (Å²) in [7, 11) is 1.76. The Hall–Kier alpha value is -2.18. The number of fused-ring (bicyclic) bond motifs is 1. The Balaban J connectivity index is 2.25. The molecule has 0 atom stereocenters. The van der Waals surface area contributed by atoms with E-state index in [9.17, 15) is 9.59 Å². The summed E-state index contributed by atoms with van der Waals surface area (Å²) in [5, 5.41) is 0. The molecule has 0 unspecified atom stereocenters. The zero-order valence-electron chi connectivity index (χ0n) is 11.4. The van der Waals surface area contributed by atoms with Gasteiger partial charge in [0.1, 0.15) is 6.33 Å². The summed E-state index contributed by atoms with van der Waals surface area (Å²) in [6, 6.07) is 0. The van der Waals surface area contributed by atoms with Gasteiger partial charge in [-0.15, -0.1) is 0 Å². The summed E-state index contributed by atoms with van der Waals surface area (Å²) in [5.41, 5.74) is -0.168. The van der Waals surface area contributed by atoms with E-state index < -0.39 is 5.41 Å². The van der Waals surface area contributed by atoms with Crippen molar-refractivity contribution in [3.8, 4) is 0 Å². The van der Waals surface area contributed by atoms with Crippen LogP contribution in [-0.2, 0) is 23.3 Å². The lowest BCUT2D eigenvalue weighted by atomic mass is 9.98. The van der Waals surface area contributed by atoms with E-state index in [0.717, 1.165) is 0 Å². The van der Waals surface area contributed by atoms with Gasteiger partial charge < -0.3 is 9.30 Å². The number of carbonyl (C=O) groups excluding carboxylic acids is 1. The van der Waals surface area contributed by atoms with Gasteiger partial charge in [-0.3, -0.25) is 14.2 Å². The van der Waals surface area contributed by atoms with Gasteiger partial charge in [0, 0.05) is 7.05 Å². The lowest BCUT2D eigenvalue weighted by Crippen LogP contribution is -2.28. The first-order valence-electron chi connectivity index (χ1n) is 5.84. The van der Waals surface area contributed by atoms with E-state index in [1.54, 1.807) is 32.4 Å². The second-order valence-corrected chi connectivity index (χ2v) is 5.36. The Kier molecular flexibility index (Phi) is 3.13. The van der Waals surface area contributed by atoms with Crippen LogP contribution in [0.1, 0.15) is 20.8 Å². The van der Waals surface area contributed by atoms with Gasteiger partial charge in [0.2, 0.25) is 0 Å². The highest BCUT2D eigenvalue weighted by atomic mass is 16.5. The maximum Gasteiger partial charge on any atom is 0.312 e. The minimum absolute atomic E-state index is 0.158. The van der Waals surface area contributed by atoms with Crippen LogP contribution in [0.25, 0.3) is 11.2 Å². The maximum atomic E-state index is 12.1. The number of rotatable bonds is 2. The summed E-state index contributed by atoms with van der Waals surface area (Å²) in [6.45, 7) is 5.09. The maximum absolute atomic E-state index is 12.1. The Bertz CT molecular complexity index is 678. The Morgan fingerprint density at radius 2 is 2.00 bits per heavy atom. The Morgan fingerprint density at radius 1 is 1.32 bits per heavy atom. The monoisotopic (exact) mass is 264 g/mol. The van der Waals surface area contributed by atoms with Crippen LogP contribution in [0.4, 0.5) is 0 Å². The van der Waals surface area contributed by atoms with Crippen LogP contribution >= 0.6 is 0 Å². The van der Waals surface area contributed by atoms with Crippen LogP contribution in [0.2, 0.25) is 0 Å². The summed E-state index contributed by atoms with van der Waals surface area (Å²) in [6.07, 6.45) is 2.87. The van der Waals surface area contributed by atoms with E-state index in [1.165, 1.54) is 17.2 Å². The van der Waals surface area contributed by atoms with Crippen LogP contribution in [0.5, 0.6) is 0 Å². The van der Waals surface area contributed by atoms with Gasteiger partial charge in [0.05, 0.1) is 11.7 Å². The highest BCUT2D eigenvalue weighted by Crippen LogP contribution is 2.15. The highest BCUT2D eigenvalue weighted by Gasteiger charge is 2.23. The number of ether oxygens (including phenoxy) is 1. The summed E-state index contributed by atoms with van der Waals surface area (Å²) >= 11 is 0. The molecular weight excluding hydrogens is 248 g/mol. The van der Waals surface area contributed by atoms with Crippen molar-refractivity contribution in [2.75, 3.05) is 0 Å². The van der Waals surface area contributed by atoms with Gasteiger partial charge in [0.25, 0.3) is 5.56 Å². The average Bonchev–Trinajstić information content (AvgIpc) is 2.69. The smallest absolute Gasteiger partial charge is 0.312 e. The molecule has 0 bridgehead atoms. The average molecular weight is 264 g/mol. The molecule has 102 valence electrons.